The van der Waals surface area contributed by atoms with Crippen molar-refractivity contribution in [2.75, 3.05) is 13.7 Å². The maximum absolute atomic E-state index is 13.4. The molecule has 7 heteroatoms. The Hall–Kier alpha value is -2.61. The lowest BCUT2D eigenvalue weighted by molar-refractivity contribution is -0.210. The summed E-state index contributed by atoms with van der Waals surface area (Å²) in [5.41, 5.74) is 1.18. The predicted octanol–water partition coefficient (Wildman–Crippen LogP) is 2.86. The first-order valence-corrected chi connectivity index (χ1v) is 13.9. The van der Waals surface area contributed by atoms with Crippen LogP contribution in [0, 0.1) is 0 Å². The molecule has 2 saturated heterocycles. The van der Waals surface area contributed by atoms with Crippen LogP contribution in [0.25, 0.3) is 0 Å². The Morgan fingerprint density at radius 1 is 1.16 bits per heavy atom. The molecule has 8 rings (SSSR count). The topological polar surface area (TPSA) is 83.6 Å². The molecule has 6 atom stereocenters. The van der Waals surface area contributed by atoms with Crippen molar-refractivity contribution in [2.45, 2.75) is 92.4 Å². The van der Waals surface area contributed by atoms with Gasteiger partial charge in [0.2, 0.25) is 0 Å². The molecule has 37 heavy (non-hydrogen) atoms. The Labute approximate surface area is 217 Å². The molecule has 2 aromatic carbocycles. The van der Waals surface area contributed by atoms with E-state index >= 15 is 0 Å². The summed E-state index contributed by atoms with van der Waals surface area (Å²) >= 11 is 0. The molecule has 4 fully saturated rings. The largest absolute Gasteiger partial charge is 0.493 e. The Kier molecular flexibility index (Phi) is 4.53. The minimum absolute atomic E-state index is 0.0611. The van der Waals surface area contributed by atoms with Crippen LogP contribution in [0.15, 0.2) is 42.5 Å². The number of rotatable bonds is 5. The molecule has 2 spiro atoms. The molecule has 2 aromatic rings. The van der Waals surface area contributed by atoms with Gasteiger partial charge in [0, 0.05) is 24.2 Å². The van der Waals surface area contributed by atoms with E-state index in [0.29, 0.717) is 31.2 Å². The molecular formula is C30H34N2O5. The van der Waals surface area contributed by atoms with E-state index in [1.54, 1.807) is 7.11 Å². The number of ether oxygens (including phenoxy) is 3. The average Bonchev–Trinajstić information content (AvgIpc) is 3.49. The van der Waals surface area contributed by atoms with E-state index in [-0.39, 0.29) is 11.9 Å². The van der Waals surface area contributed by atoms with Crippen molar-refractivity contribution in [1.82, 2.24) is 10.2 Å². The van der Waals surface area contributed by atoms with Crippen LogP contribution in [-0.4, -0.2) is 65.1 Å². The first-order chi connectivity index (χ1) is 18.0. The van der Waals surface area contributed by atoms with Crippen molar-refractivity contribution >= 4 is 5.91 Å². The van der Waals surface area contributed by atoms with Gasteiger partial charge in [-0.3, -0.25) is 9.69 Å². The number of carbonyl (C=O) groups excluding carboxylic acids is 1. The number of amides is 1. The SMILES string of the molecule is COc1ccc2c3c1OC1C4(CCC5(O)C(C2)N(C2CCC2)CCC315)O[C@@H]4C(=O)NCc1ccccc1. The molecule has 7 nitrogen and oxygen atoms in total. The Balaban J connectivity index is 1.18. The lowest BCUT2D eigenvalue weighted by atomic mass is 9.46. The Morgan fingerprint density at radius 2 is 2.00 bits per heavy atom. The molecular weight excluding hydrogens is 468 g/mol. The number of aliphatic hydroxyl groups is 1. The predicted molar refractivity (Wildman–Crippen MR) is 136 cm³/mol. The zero-order valence-electron chi connectivity index (χ0n) is 21.2. The molecule has 194 valence electrons. The zero-order chi connectivity index (χ0) is 25.0. The summed E-state index contributed by atoms with van der Waals surface area (Å²) in [5.74, 6) is 1.35. The third-order valence-corrected chi connectivity index (χ3v) is 10.6. The highest BCUT2D eigenvalue weighted by Gasteiger charge is 2.82. The molecule has 2 bridgehead atoms. The average molecular weight is 503 g/mol. The first-order valence-electron chi connectivity index (χ1n) is 13.9. The van der Waals surface area contributed by atoms with Gasteiger partial charge in [0.15, 0.2) is 17.6 Å². The maximum Gasteiger partial charge on any atom is 0.252 e. The third-order valence-electron chi connectivity index (χ3n) is 10.6. The highest BCUT2D eigenvalue weighted by Crippen LogP contribution is 2.71. The molecule has 6 aliphatic rings. The van der Waals surface area contributed by atoms with Crippen LogP contribution in [0.5, 0.6) is 11.5 Å². The monoisotopic (exact) mass is 502 g/mol. The van der Waals surface area contributed by atoms with Crippen molar-refractivity contribution in [3.63, 3.8) is 0 Å². The van der Waals surface area contributed by atoms with E-state index in [1.165, 1.54) is 24.8 Å². The van der Waals surface area contributed by atoms with E-state index in [1.807, 2.05) is 36.4 Å². The van der Waals surface area contributed by atoms with Gasteiger partial charge in [-0.15, -0.1) is 0 Å². The number of piperidine rings is 1. The van der Waals surface area contributed by atoms with E-state index in [0.717, 1.165) is 36.3 Å². The summed E-state index contributed by atoms with van der Waals surface area (Å²) < 4.78 is 18.9. The second kappa shape index (κ2) is 7.49. The second-order valence-corrected chi connectivity index (χ2v) is 12.0. The molecule has 3 aliphatic heterocycles. The van der Waals surface area contributed by atoms with E-state index in [4.69, 9.17) is 14.2 Å². The van der Waals surface area contributed by atoms with Gasteiger partial charge in [-0.1, -0.05) is 42.8 Å². The number of hydrogen-bond acceptors (Lipinski definition) is 6. The first kappa shape index (κ1) is 22.4. The number of hydrogen-bond donors (Lipinski definition) is 2. The number of likely N-dealkylation sites (tertiary alicyclic amines) is 1. The van der Waals surface area contributed by atoms with E-state index in [2.05, 4.69) is 16.3 Å². The standard InChI is InChI=1S/C30H34N2O5/c1-35-21-11-10-19-16-22-30(34)13-12-29(25(37-29)26(33)31-17-18-6-3-2-4-7-18)27-28(30,23(19)24(21)36-27)14-15-32(22)20-8-5-9-20/h2-4,6-7,10-11,20,22,25,27,34H,5,8-9,12-17H2,1H3,(H,31,33)/t22?,25-,27?,28?,29?,30?/m1/s1. The molecule has 2 saturated carbocycles. The van der Waals surface area contributed by atoms with Gasteiger partial charge < -0.3 is 24.6 Å². The number of fused-ring (bicyclic) bond motifs is 1. The van der Waals surface area contributed by atoms with Gasteiger partial charge in [0.05, 0.1) is 18.1 Å². The van der Waals surface area contributed by atoms with Crippen LogP contribution in [-0.2, 0) is 27.9 Å². The van der Waals surface area contributed by atoms with Gasteiger partial charge in [-0.05, 0) is 62.3 Å². The van der Waals surface area contributed by atoms with Crippen LogP contribution in [0.4, 0.5) is 0 Å². The van der Waals surface area contributed by atoms with E-state index < -0.39 is 28.8 Å². The molecule has 5 unspecified atom stereocenters. The highest BCUT2D eigenvalue weighted by atomic mass is 16.7. The summed E-state index contributed by atoms with van der Waals surface area (Å²) in [5, 5.41) is 15.8. The summed E-state index contributed by atoms with van der Waals surface area (Å²) in [6, 6.07) is 14.7. The zero-order valence-corrected chi connectivity index (χ0v) is 21.2. The summed E-state index contributed by atoms with van der Waals surface area (Å²) in [6.07, 6.45) is 5.57. The van der Waals surface area contributed by atoms with Gasteiger partial charge in [0.1, 0.15) is 11.7 Å². The summed E-state index contributed by atoms with van der Waals surface area (Å²) in [7, 11) is 1.67. The van der Waals surface area contributed by atoms with Crippen molar-refractivity contribution < 1.29 is 24.1 Å². The highest BCUT2D eigenvalue weighted by molar-refractivity contribution is 5.85. The molecule has 0 aromatic heterocycles. The van der Waals surface area contributed by atoms with Crippen molar-refractivity contribution in [3.8, 4) is 11.5 Å². The Bertz CT molecular complexity index is 1280. The van der Waals surface area contributed by atoms with E-state index in [9.17, 15) is 9.90 Å². The molecule has 3 aliphatic carbocycles. The quantitative estimate of drug-likeness (QED) is 0.612. The molecule has 3 heterocycles. The van der Waals surface area contributed by atoms with Crippen LogP contribution >= 0.6 is 0 Å². The fraction of sp³-hybridized carbons (Fsp3) is 0.567. The number of methoxy groups -OCH3 is 1. The number of nitrogens with zero attached hydrogens (tertiary/aromatic N) is 1. The fourth-order valence-corrected chi connectivity index (χ4v) is 8.64. The number of carbonyl (C=O) groups is 1. The number of benzene rings is 2. The van der Waals surface area contributed by atoms with Crippen molar-refractivity contribution in [2.24, 2.45) is 0 Å². The summed E-state index contributed by atoms with van der Waals surface area (Å²) in [6.45, 7) is 1.40. The lowest BCUT2D eigenvalue weighted by Crippen LogP contribution is -2.79. The molecule has 2 N–H and O–H groups in total. The van der Waals surface area contributed by atoms with Gasteiger partial charge in [-0.2, -0.15) is 0 Å². The normalized spacial score (nSPS) is 38.9. The Morgan fingerprint density at radius 3 is 2.76 bits per heavy atom. The van der Waals surface area contributed by atoms with Crippen molar-refractivity contribution in [3.05, 3.63) is 59.2 Å². The van der Waals surface area contributed by atoms with Crippen LogP contribution in [0.1, 0.15) is 55.2 Å². The molecule has 1 amide bonds. The third kappa shape index (κ3) is 2.70. The van der Waals surface area contributed by atoms with Crippen molar-refractivity contribution in [1.29, 1.82) is 0 Å². The molecule has 0 radical (unpaired) electrons. The van der Waals surface area contributed by atoms with Gasteiger partial charge >= 0.3 is 0 Å². The number of nitrogens with one attached hydrogen (secondary N) is 1. The van der Waals surface area contributed by atoms with Crippen LogP contribution in [0.2, 0.25) is 0 Å². The fourth-order valence-electron chi connectivity index (χ4n) is 8.64. The van der Waals surface area contributed by atoms with Gasteiger partial charge in [-0.25, -0.2) is 0 Å². The number of epoxide rings is 1. The minimum atomic E-state index is -0.918. The van der Waals surface area contributed by atoms with Crippen LogP contribution < -0.4 is 14.8 Å². The smallest absolute Gasteiger partial charge is 0.252 e. The second-order valence-electron chi connectivity index (χ2n) is 12.0. The van der Waals surface area contributed by atoms with Crippen LogP contribution in [0.3, 0.4) is 0 Å². The lowest BCUT2D eigenvalue weighted by Gasteiger charge is -2.65. The minimum Gasteiger partial charge on any atom is -0.493 e. The maximum atomic E-state index is 13.4. The summed E-state index contributed by atoms with van der Waals surface area (Å²) in [4.78, 5) is 16.0. The van der Waals surface area contributed by atoms with Gasteiger partial charge in [0.25, 0.3) is 5.91 Å².